The number of aryl methyl sites for hydroxylation is 1. The van der Waals surface area contributed by atoms with E-state index in [1.54, 1.807) is 6.07 Å². The molecule has 0 radical (unpaired) electrons. The highest BCUT2D eigenvalue weighted by Gasteiger charge is 2.12. The predicted octanol–water partition coefficient (Wildman–Crippen LogP) is 1.40. The Bertz CT molecular complexity index is 328. The highest BCUT2D eigenvalue weighted by Crippen LogP contribution is 2.28. The number of phenolic OH excluding ortho intramolecular Hbond substituents is 1. The maximum absolute atomic E-state index is 9.74. The van der Waals surface area contributed by atoms with Gasteiger partial charge in [-0.2, -0.15) is 0 Å². The number of rotatable bonds is 3. The van der Waals surface area contributed by atoms with Crippen molar-refractivity contribution < 1.29 is 5.11 Å². The molecule has 1 aromatic carbocycles. The van der Waals surface area contributed by atoms with Crippen LogP contribution in [-0.4, -0.2) is 11.7 Å². The summed E-state index contributed by atoms with van der Waals surface area (Å²) < 4.78 is 0. The summed E-state index contributed by atoms with van der Waals surface area (Å²) in [5, 5.41) is 9.74. The minimum atomic E-state index is -0.336. The lowest BCUT2D eigenvalue weighted by Gasteiger charge is -2.14. The van der Waals surface area contributed by atoms with Crippen LogP contribution in [0.5, 0.6) is 5.75 Å². The van der Waals surface area contributed by atoms with E-state index in [2.05, 4.69) is 0 Å². The molecule has 0 bridgehead atoms. The Balaban J connectivity index is 3.20. The first-order valence-corrected chi connectivity index (χ1v) is 4.97. The molecule has 1 aromatic rings. The molecule has 0 saturated heterocycles. The zero-order valence-corrected chi connectivity index (χ0v) is 8.88. The number of benzene rings is 1. The van der Waals surface area contributed by atoms with Crippen LogP contribution in [0.4, 0.5) is 0 Å². The fraction of sp³-hybridized carbons (Fsp3) is 0.400. The number of hydrogen-bond donors (Lipinski definition) is 3. The molecule has 0 spiro atoms. The summed E-state index contributed by atoms with van der Waals surface area (Å²) in [5.41, 5.74) is 13.6. The molecule has 0 aromatic heterocycles. The van der Waals surface area contributed by atoms with Gasteiger partial charge in [-0.15, -0.1) is 11.6 Å². The van der Waals surface area contributed by atoms with Gasteiger partial charge in [0.2, 0.25) is 0 Å². The molecular weight excluding hydrogens is 200 g/mol. The molecule has 3 nitrogen and oxygen atoms in total. The Morgan fingerprint density at radius 2 is 2.14 bits per heavy atom. The maximum Gasteiger partial charge on any atom is 0.123 e. The van der Waals surface area contributed by atoms with E-state index in [0.29, 0.717) is 18.0 Å². The van der Waals surface area contributed by atoms with E-state index >= 15 is 0 Å². The zero-order valence-electron chi connectivity index (χ0n) is 8.13. The van der Waals surface area contributed by atoms with E-state index in [4.69, 9.17) is 23.1 Å². The minimum absolute atomic E-state index is 0.219. The first kappa shape index (κ1) is 11.3. The molecule has 0 amide bonds. The molecule has 0 unspecified atom stereocenters. The van der Waals surface area contributed by atoms with Crippen LogP contribution in [0.3, 0.4) is 0 Å². The Labute approximate surface area is 88.7 Å². The third kappa shape index (κ3) is 2.18. The van der Waals surface area contributed by atoms with Gasteiger partial charge >= 0.3 is 0 Å². The molecule has 0 heterocycles. The van der Waals surface area contributed by atoms with Gasteiger partial charge in [-0.3, -0.25) is 0 Å². The van der Waals surface area contributed by atoms with Crippen molar-refractivity contribution >= 4 is 11.6 Å². The highest BCUT2D eigenvalue weighted by molar-refractivity contribution is 6.17. The van der Waals surface area contributed by atoms with Crippen molar-refractivity contribution in [3.8, 4) is 5.75 Å². The Kier molecular flexibility index (Phi) is 3.75. The normalized spacial score (nSPS) is 12.9. The maximum atomic E-state index is 9.74. The summed E-state index contributed by atoms with van der Waals surface area (Å²) in [7, 11) is 0. The fourth-order valence-corrected chi connectivity index (χ4v) is 1.52. The fourth-order valence-electron chi connectivity index (χ4n) is 1.37. The van der Waals surface area contributed by atoms with Crippen molar-refractivity contribution in [3.63, 3.8) is 0 Å². The molecule has 0 saturated carbocycles. The highest BCUT2D eigenvalue weighted by atomic mass is 35.5. The molecule has 4 heteroatoms. The Morgan fingerprint density at radius 3 is 2.64 bits per heavy atom. The third-order valence-electron chi connectivity index (χ3n) is 2.20. The summed E-state index contributed by atoms with van der Waals surface area (Å²) >= 11 is 5.72. The number of aromatic hydroxyl groups is 1. The average Bonchev–Trinajstić information content (AvgIpc) is 2.20. The number of halogens is 1. The molecule has 0 aliphatic rings. The van der Waals surface area contributed by atoms with Crippen LogP contribution in [0, 0.1) is 6.92 Å². The van der Waals surface area contributed by atoms with Crippen LogP contribution in [-0.2, 0) is 5.88 Å². The van der Waals surface area contributed by atoms with Gasteiger partial charge in [-0.05, 0) is 24.1 Å². The molecule has 1 atom stereocenters. The van der Waals surface area contributed by atoms with Gasteiger partial charge in [0.15, 0.2) is 0 Å². The summed E-state index contributed by atoms with van der Waals surface area (Å²) in [6.45, 7) is 2.12. The van der Waals surface area contributed by atoms with E-state index in [1.807, 2.05) is 13.0 Å². The van der Waals surface area contributed by atoms with Crippen molar-refractivity contribution in [1.82, 2.24) is 0 Å². The Hall–Kier alpha value is -0.770. The van der Waals surface area contributed by atoms with E-state index in [0.717, 1.165) is 11.1 Å². The third-order valence-corrected chi connectivity index (χ3v) is 2.51. The molecule has 1 rings (SSSR count). The lowest BCUT2D eigenvalue weighted by atomic mass is 10.0. The van der Waals surface area contributed by atoms with Gasteiger partial charge in [-0.25, -0.2) is 0 Å². The van der Waals surface area contributed by atoms with Crippen LogP contribution in [0.2, 0.25) is 0 Å². The van der Waals surface area contributed by atoms with Crippen LogP contribution < -0.4 is 11.5 Å². The smallest absolute Gasteiger partial charge is 0.123 e. The Morgan fingerprint density at radius 1 is 1.50 bits per heavy atom. The quantitative estimate of drug-likeness (QED) is 0.666. The zero-order chi connectivity index (χ0) is 10.7. The number of alkyl halides is 1. The van der Waals surface area contributed by atoms with Gasteiger partial charge in [-0.1, -0.05) is 6.07 Å². The molecule has 78 valence electrons. The lowest BCUT2D eigenvalue weighted by molar-refractivity contribution is 0.457. The van der Waals surface area contributed by atoms with Crippen LogP contribution in [0.25, 0.3) is 0 Å². The first-order valence-electron chi connectivity index (χ1n) is 4.44. The largest absolute Gasteiger partial charge is 0.507 e. The summed E-state index contributed by atoms with van der Waals surface area (Å²) in [6, 6.07) is 3.30. The van der Waals surface area contributed by atoms with Gasteiger partial charge in [0.05, 0.1) is 0 Å². The van der Waals surface area contributed by atoms with Crippen LogP contribution >= 0.6 is 11.6 Å². The molecule has 0 aliphatic carbocycles. The second kappa shape index (κ2) is 4.64. The van der Waals surface area contributed by atoms with Crippen LogP contribution in [0.15, 0.2) is 12.1 Å². The van der Waals surface area contributed by atoms with Crippen molar-refractivity contribution in [3.05, 3.63) is 28.8 Å². The van der Waals surface area contributed by atoms with Crippen molar-refractivity contribution in [1.29, 1.82) is 0 Å². The lowest BCUT2D eigenvalue weighted by Crippen LogP contribution is -2.21. The van der Waals surface area contributed by atoms with Gasteiger partial charge in [0.25, 0.3) is 0 Å². The van der Waals surface area contributed by atoms with Gasteiger partial charge in [0, 0.05) is 24.0 Å². The van der Waals surface area contributed by atoms with E-state index in [1.165, 1.54) is 0 Å². The van der Waals surface area contributed by atoms with Crippen molar-refractivity contribution in [2.75, 3.05) is 6.54 Å². The number of hydrogen-bond acceptors (Lipinski definition) is 3. The first-order chi connectivity index (χ1) is 6.60. The standard InChI is InChI=1S/C10H15ClN2O/c1-6-2-7(4-11)3-8(10(6)14)9(13)5-12/h2-3,9,14H,4-5,12-13H2,1H3/t9-/m0/s1. The van der Waals surface area contributed by atoms with Crippen molar-refractivity contribution in [2.45, 2.75) is 18.8 Å². The summed E-state index contributed by atoms with van der Waals surface area (Å²) in [4.78, 5) is 0. The van der Waals surface area contributed by atoms with Crippen molar-refractivity contribution in [2.24, 2.45) is 11.5 Å². The molecule has 14 heavy (non-hydrogen) atoms. The topological polar surface area (TPSA) is 72.3 Å². The predicted molar refractivity (Wildman–Crippen MR) is 58.4 cm³/mol. The summed E-state index contributed by atoms with van der Waals surface area (Å²) in [6.07, 6.45) is 0. The monoisotopic (exact) mass is 214 g/mol. The molecular formula is C10H15ClN2O. The van der Waals surface area contributed by atoms with E-state index in [9.17, 15) is 5.11 Å². The van der Waals surface area contributed by atoms with E-state index in [-0.39, 0.29) is 11.8 Å². The second-order valence-electron chi connectivity index (χ2n) is 3.33. The molecule has 0 fully saturated rings. The van der Waals surface area contributed by atoms with Gasteiger partial charge < -0.3 is 16.6 Å². The average molecular weight is 215 g/mol. The molecule has 0 aliphatic heterocycles. The minimum Gasteiger partial charge on any atom is -0.507 e. The van der Waals surface area contributed by atoms with Crippen LogP contribution in [0.1, 0.15) is 22.7 Å². The van der Waals surface area contributed by atoms with E-state index < -0.39 is 0 Å². The number of nitrogens with two attached hydrogens (primary N) is 2. The van der Waals surface area contributed by atoms with Gasteiger partial charge in [0.1, 0.15) is 5.75 Å². The summed E-state index contributed by atoms with van der Waals surface area (Å²) in [5.74, 6) is 0.627. The second-order valence-corrected chi connectivity index (χ2v) is 3.59. The SMILES string of the molecule is Cc1cc(CCl)cc([C@@H](N)CN)c1O. The molecule has 5 N–H and O–H groups in total. The number of phenols is 1.